The smallest absolute Gasteiger partial charge is 0.219 e. The molecule has 0 heterocycles. The Kier molecular flexibility index (Phi) is 3.09. The average Bonchev–Trinajstić information content (AvgIpc) is 2.76. The molecule has 0 unspecified atom stereocenters. The maximum Gasteiger partial charge on any atom is 0.219 e. The van der Waals surface area contributed by atoms with Gasteiger partial charge in [-0.1, -0.05) is 19.8 Å². The zero-order chi connectivity index (χ0) is 9.97. The Morgan fingerprint density at radius 3 is 2.93 bits per heavy atom. The van der Waals surface area contributed by atoms with E-state index in [9.17, 15) is 4.79 Å². The van der Waals surface area contributed by atoms with Gasteiger partial charge in [0.1, 0.15) is 0 Å². The molecule has 0 saturated heterocycles. The van der Waals surface area contributed by atoms with Crippen LogP contribution in [0.2, 0.25) is 0 Å². The fourth-order valence-corrected chi connectivity index (χ4v) is 3.31. The van der Waals surface area contributed by atoms with Gasteiger partial charge < -0.3 is 5.32 Å². The van der Waals surface area contributed by atoms with E-state index in [0.717, 1.165) is 24.3 Å². The lowest BCUT2D eigenvalue weighted by Gasteiger charge is -2.18. The highest BCUT2D eigenvalue weighted by atomic mass is 16.1. The SMILES string of the molecule is CCC(=O)NC[C@H]1CC[C@@H]2CCC[C@@H]21. The maximum absolute atomic E-state index is 11.1. The summed E-state index contributed by atoms with van der Waals surface area (Å²) in [6.07, 6.45) is 7.67. The quantitative estimate of drug-likeness (QED) is 0.736. The molecule has 0 spiro atoms. The molecule has 2 aliphatic rings. The molecule has 0 aliphatic heterocycles. The molecule has 0 aromatic rings. The first-order valence-corrected chi connectivity index (χ1v) is 6.08. The maximum atomic E-state index is 11.1. The molecule has 0 radical (unpaired) electrons. The second-order valence-corrected chi connectivity index (χ2v) is 4.85. The molecule has 0 aromatic carbocycles. The van der Waals surface area contributed by atoms with Gasteiger partial charge in [-0.3, -0.25) is 4.79 Å². The molecule has 2 heteroatoms. The fraction of sp³-hybridized carbons (Fsp3) is 0.917. The van der Waals surface area contributed by atoms with Crippen molar-refractivity contribution in [1.29, 1.82) is 0 Å². The largest absolute Gasteiger partial charge is 0.356 e. The summed E-state index contributed by atoms with van der Waals surface area (Å²) in [7, 11) is 0. The van der Waals surface area contributed by atoms with Crippen LogP contribution in [0, 0.1) is 17.8 Å². The summed E-state index contributed by atoms with van der Waals surface area (Å²) >= 11 is 0. The van der Waals surface area contributed by atoms with Crippen molar-refractivity contribution < 1.29 is 4.79 Å². The Balaban J connectivity index is 1.78. The number of rotatable bonds is 3. The van der Waals surface area contributed by atoms with Crippen molar-refractivity contribution in [3.63, 3.8) is 0 Å². The summed E-state index contributed by atoms with van der Waals surface area (Å²) < 4.78 is 0. The lowest BCUT2D eigenvalue weighted by molar-refractivity contribution is -0.121. The number of carbonyl (C=O) groups is 1. The van der Waals surface area contributed by atoms with Crippen LogP contribution in [0.5, 0.6) is 0 Å². The molecule has 1 N–H and O–H groups in total. The van der Waals surface area contributed by atoms with Crippen molar-refractivity contribution in [3.05, 3.63) is 0 Å². The Bertz CT molecular complexity index is 214. The Morgan fingerprint density at radius 1 is 1.29 bits per heavy atom. The zero-order valence-electron chi connectivity index (χ0n) is 9.09. The predicted octanol–water partition coefficient (Wildman–Crippen LogP) is 2.34. The molecule has 80 valence electrons. The lowest BCUT2D eigenvalue weighted by Crippen LogP contribution is -2.30. The van der Waals surface area contributed by atoms with E-state index < -0.39 is 0 Å². The van der Waals surface area contributed by atoms with E-state index in [2.05, 4.69) is 5.32 Å². The van der Waals surface area contributed by atoms with Gasteiger partial charge in [0, 0.05) is 13.0 Å². The molecule has 1 amide bonds. The third kappa shape index (κ3) is 1.94. The minimum absolute atomic E-state index is 0.214. The monoisotopic (exact) mass is 195 g/mol. The van der Waals surface area contributed by atoms with Crippen LogP contribution in [0.1, 0.15) is 45.4 Å². The molecule has 2 fully saturated rings. The highest BCUT2D eigenvalue weighted by molar-refractivity contribution is 5.75. The summed E-state index contributed by atoms with van der Waals surface area (Å²) in [5.74, 6) is 2.94. The van der Waals surface area contributed by atoms with E-state index in [1.807, 2.05) is 6.92 Å². The van der Waals surface area contributed by atoms with Gasteiger partial charge in [-0.25, -0.2) is 0 Å². The van der Waals surface area contributed by atoms with E-state index in [4.69, 9.17) is 0 Å². The number of fused-ring (bicyclic) bond motifs is 1. The molecule has 3 atom stereocenters. The van der Waals surface area contributed by atoms with E-state index in [1.54, 1.807) is 0 Å². The first-order chi connectivity index (χ1) is 6.81. The van der Waals surface area contributed by atoms with Crippen LogP contribution in [0.3, 0.4) is 0 Å². The van der Waals surface area contributed by atoms with E-state index in [-0.39, 0.29) is 5.91 Å². The van der Waals surface area contributed by atoms with Crippen LogP contribution < -0.4 is 5.32 Å². The molecule has 2 nitrogen and oxygen atoms in total. The normalized spacial score (nSPS) is 35.6. The minimum Gasteiger partial charge on any atom is -0.356 e. The van der Waals surface area contributed by atoms with Crippen LogP contribution >= 0.6 is 0 Å². The number of carbonyl (C=O) groups excluding carboxylic acids is 1. The predicted molar refractivity (Wildman–Crippen MR) is 56.9 cm³/mol. The van der Waals surface area contributed by atoms with Crippen LogP contribution in [-0.2, 0) is 4.79 Å². The first kappa shape index (κ1) is 10.0. The van der Waals surface area contributed by atoms with Gasteiger partial charge in [0.15, 0.2) is 0 Å². The van der Waals surface area contributed by atoms with Crippen LogP contribution in [0.4, 0.5) is 0 Å². The molecule has 0 bridgehead atoms. The van der Waals surface area contributed by atoms with Crippen molar-refractivity contribution in [2.24, 2.45) is 17.8 Å². The van der Waals surface area contributed by atoms with Crippen molar-refractivity contribution in [2.45, 2.75) is 45.4 Å². The van der Waals surface area contributed by atoms with Crippen molar-refractivity contribution in [1.82, 2.24) is 5.32 Å². The summed E-state index contributed by atoms with van der Waals surface area (Å²) in [4.78, 5) is 11.1. The second-order valence-electron chi connectivity index (χ2n) is 4.85. The standard InChI is InChI=1S/C12H21NO/c1-2-12(14)13-8-10-7-6-9-4-3-5-11(9)10/h9-11H,2-8H2,1H3,(H,13,14)/t9-,10+,11-/m0/s1. The number of hydrogen-bond acceptors (Lipinski definition) is 1. The van der Waals surface area contributed by atoms with E-state index in [1.165, 1.54) is 32.1 Å². The van der Waals surface area contributed by atoms with Gasteiger partial charge in [-0.05, 0) is 37.0 Å². The van der Waals surface area contributed by atoms with Crippen molar-refractivity contribution in [2.75, 3.05) is 6.54 Å². The molecular formula is C12H21NO. The van der Waals surface area contributed by atoms with Gasteiger partial charge in [-0.15, -0.1) is 0 Å². The Hall–Kier alpha value is -0.530. The Labute approximate surface area is 86.5 Å². The molecule has 14 heavy (non-hydrogen) atoms. The summed E-state index contributed by atoms with van der Waals surface area (Å²) in [6.45, 7) is 2.86. The lowest BCUT2D eigenvalue weighted by atomic mass is 9.92. The van der Waals surface area contributed by atoms with Gasteiger partial charge in [0.05, 0.1) is 0 Å². The number of amides is 1. The van der Waals surface area contributed by atoms with E-state index >= 15 is 0 Å². The van der Waals surface area contributed by atoms with Gasteiger partial charge in [0.2, 0.25) is 5.91 Å². The van der Waals surface area contributed by atoms with E-state index in [0.29, 0.717) is 6.42 Å². The molecule has 2 aliphatic carbocycles. The molecule has 2 rings (SSSR count). The van der Waals surface area contributed by atoms with Crippen LogP contribution in [0.25, 0.3) is 0 Å². The minimum atomic E-state index is 0.214. The van der Waals surface area contributed by atoms with Gasteiger partial charge in [-0.2, -0.15) is 0 Å². The third-order valence-electron chi connectivity index (χ3n) is 4.11. The Morgan fingerprint density at radius 2 is 2.14 bits per heavy atom. The average molecular weight is 195 g/mol. The fourth-order valence-electron chi connectivity index (χ4n) is 3.31. The van der Waals surface area contributed by atoms with Crippen molar-refractivity contribution in [3.8, 4) is 0 Å². The molecule has 2 saturated carbocycles. The molecular weight excluding hydrogens is 174 g/mol. The second kappa shape index (κ2) is 4.33. The molecule has 0 aromatic heterocycles. The highest BCUT2D eigenvalue weighted by Crippen LogP contribution is 2.47. The van der Waals surface area contributed by atoms with Gasteiger partial charge >= 0.3 is 0 Å². The highest BCUT2D eigenvalue weighted by Gasteiger charge is 2.38. The zero-order valence-corrected chi connectivity index (χ0v) is 9.09. The summed E-state index contributed by atoms with van der Waals surface area (Å²) in [6, 6.07) is 0. The number of nitrogens with one attached hydrogen (secondary N) is 1. The van der Waals surface area contributed by atoms with Gasteiger partial charge in [0.25, 0.3) is 0 Å². The first-order valence-electron chi connectivity index (χ1n) is 6.08. The third-order valence-corrected chi connectivity index (χ3v) is 4.11. The summed E-state index contributed by atoms with van der Waals surface area (Å²) in [5.41, 5.74) is 0. The number of hydrogen-bond donors (Lipinski definition) is 1. The van der Waals surface area contributed by atoms with Crippen LogP contribution in [-0.4, -0.2) is 12.5 Å². The van der Waals surface area contributed by atoms with Crippen molar-refractivity contribution >= 4 is 5.91 Å². The summed E-state index contributed by atoms with van der Waals surface area (Å²) in [5, 5.41) is 3.05. The van der Waals surface area contributed by atoms with Crippen LogP contribution in [0.15, 0.2) is 0 Å². The topological polar surface area (TPSA) is 29.1 Å².